The first-order chi connectivity index (χ1) is 9.50. The second-order valence-electron chi connectivity index (χ2n) is 5.45. The van der Waals surface area contributed by atoms with Crippen molar-refractivity contribution in [1.82, 2.24) is 14.5 Å². The molecule has 108 valence electrons. The van der Waals surface area contributed by atoms with Crippen molar-refractivity contribution in [2.24, 2.45) is 13.0 Å². The van der Waals surface area contributed by atoms with Crippen LogP contribution >= 0.6 is 0 Å². The second-order valence-corrected chi connectivity index (χ2v) is 5.45. The molecule has 0 saturated heterocycles. The number of nitrogens with one attached hydrogen (secondary N) is 1. The predicted octanol–water partition coefficient (Wildman–Crippen LogP) is 1.50. The number of aromatic nitrogens is 2. The molecule has 1 amide bonds. The van der Waals surface area contributed by atoms with Crippen LogP contribution in [0.3, 0.4) is 0 Å². The molecule has 2 aromatic rings. The Morgan fingerprint density at radius 3 is 2.55 bits per heavy atom. The molecule has 0 aliphatic rings. The van der Waals surface area contributed by atoms with E-state index in [-0.39, 0.29) is 18.1 Å². The highest BCUT2D eigenvalue weighted by Gasteiger charge is 2.12. The van der Waals surface area contributed by atoms with Crippen molar-refractivity contribution in [1.29, 1.82) is 0 Å². The minimum Gasteiger partial charge on any atom is -0.355 e. The van der Waals surface area contributed by atoms with E-state index in [0.717, 1.165) is 17.5 Å². The van der Waals surface area contributed by atoms with Crippen molar-refractivity contribution in [3.05, 3.63) is 34.7 Å². The number of fused-ring (bicyclic) bond motifs is 1. The van der Waals surface area contributed by atoms with Gasteiger partial charge in [-0.15, -0.1) is 0 Å². The number of imidazole rings is 1. The molecule has 0 radical (unpaired) electrons. The molecule has 1 heterocycles. The standard InChI is InChI=1S/C15H21N3O2/c1-11(2)8-9-16-14(19)10-18-13-7-5-4-6-12(13)17(3)15(18)20/h4-7,11H,8-10H2,1-3H3,(H,16,19). The zero-order valence-electron chi connectivity index (χ0n) is 12.2. The quantitative estimate of drug-likeness (QED) is 0.899. The molecule has 20 heavy (non-hydrogen) atoms. The van der Waals surface area contributed by atoms with Crippen LogP contribution < -0.4 is 11.0 Å². The lowest BCUT2D eigenvalue weighted by Gasteiger charge is -2.07. The molecule has 0 aliphatic carbocycles. The van der Waals surface area contributed by atoms with E-state index >= 15 is 0 Å². The van der Waals surface area contributed by atoms with Gasteiger partial charge in [0.2, 0.25) is 5.91 Å². The maximum atomic E-state index is 12.2. The number of hydrogen-bond acceptors (Lipinski definition) is 2. The van der Waals surface area contributed by atoms with E-state index in [1.54, 1.807) is 11.6 Å². The van der Waals surface area contributed by atoms with Crippen LogP contribution in [0, 0.1) is 5.92 Å². The van der Waals surface area contributed by atoms with Gasteiger partial charge in [-0.25, -0.2) is 4.79 Å². The van der Waals surface area contributed by atoms with E-state index in [4.69, 9.17) is 0 Å². The summed E-state index contributed by atoms with van der Waals surface area (Å²) in [5.41, 5.74) is 1.47. The highest BCUT2D eigenvalue weighted by Crippen LogP contribution is 2.11. The zero-order chi connectivity index (χ0) is 14.7. The topological polar surface area (TPSA) is 56.0 Å². The van der Waals surface area contributed by atoms with Crippen LogP contribution in [-0.4, -0.2) is 21.6 Å². The highest BCUT2D eigenvalue weighted by molar-refractivity contribution is 5.80. The van der Waals surface area contributed by atoms with E-state index in [0.29, 0.717) is 12.5 Å². The maximum Gasteiger partial charge on any atom is 0.329 e. The summed E-state index contributed by atoms with van der Waals surface area (Å²) >= 11 is 0. The van der Waals surface area contributed by atoms with Crippen molar-refractivity contribution in [2.75, 3.05) is 6.54 Å². The molecule has 1 aromatic carbocycles. The summed E-state index contributed by atoms with van der Waals surface area (Å²) in [7, 11) is 1.72. The van der Waals surface area contributed by atoms with Gasteiger partial charge in [0.1, 0.15) is 6.54 Å². The van der Waals surface area contributed by atoms with Gasteiger partial charge in [-0.05, 0) is 24.5 Å². The van der Waals surface area contributed by atoms with Crippen molar-refractivity contribution < 1.29 is 4.79 Å². The fourth-order valence-corrected chi connectivity index (χ4v) is 2.22. The average molecular weight is 275 g/mol. The van der Waals surface area contributed by atoms with Crippen LogP contribution in [0.5, 0.6) is 0 Å². The van der Waals surface area contributed by atoms with Crippen LogP contribution in [-0.2, 0) is 18.4 Å². The number of amides is 1. The summed E-state index contributed by atoms with van der Waals surface area (Å²) in [6.45, 7) is 4.94. The lowest BCUT2D eigenvalue weighted by molar-refractivity contribution is -0.121. The monoisotopic (exact) mass is 275 g/mol. The fourth-order valence-electron chi connectivity index (χ4n) is 2.22. The number of rotatable bonds is 5. The van der Waals surface area contributed by atoms with E-state index in [2.05, 4.69) is 19.2 Å². The molecule has 0 bridgehead atoms. The Labute approximate surface area is 118 Å². The number of carbonyl (C=O) groups excluding carboxylic acids is 1. The number of hydrogen-bond donors (Lipinski definition) is 1. The average Bonchev–Trinajstić information content (AvgIpc) is 2.64. The Hall–Kier alpha value is -2.04. The van der Waals surface area contributed by atoms with Crippen molar-refractivity contribution in [3.8, 4) is 0 Å². The first-order valence-electron chi connectivity index (χ1n) is 6.91. The number of para-hydroxylation sites is 2. The number of carbonyl (C=O) groups is 1. The van der Waals surface area contributed by atoms with Crippen LogP contribution in [0.4, 0.5) is 0 Å². The Bertz CT molecular complexity index is 667. The Morgan fingerprint density at radius 1 is 1.25 bits per heavy atom. The van der Waals surface area contributed by atoms with Crippen LogP contribution in [0.1, 0.15) is 20.3 Å². The zero-order valence-corrected chi connectivity index (χ0v) is 12.2. The Balaban J connectivity index is 2.16. The van der Waals surface area contributed by atoms with Gasteiger partial charge < -0.3 is 5.32 Å². The molecule has 0 fully saturated rings. The van der Waals surface area contributed by atoms with E-state index in [1.165, 1.54) is 4.57 Å². The Morgan fingerprint density at radius 2 is 1.90 bits per heavy atom. The number of aryl methyl sites for hydroxylation is 1. The first-order valence-corrected chi connectivity index (χ1v) is 6.91. The molecule has 0 aliphatic heterocycles. The SMILES string of the molecule is CC(C)CCNC(=O)Cn1c(=O)n(C)c2ccccc21. The minimum absolute atomic E-state index is 0.0677. The Kier molecular flexibility index (Phi) is 4.27. The van der Waals surface area contributed by atoms with Crippen LogP contribution in [0.15, 0.2) is 29.1 Å². The van der Waals surface area contributed by atoms with E-state index < -0.39 is 0 Å². The fraction of sp³-hybridized carbons (Fsp3) is 0.467. The van der Waals surface area contributed by atoms with Gasteiger partial charge in [0.15, 0.2) is 0 Å². The van der Waals surface area contributed by atoms with Gasteiger partial charge in [0.05, 0.1) is 11.0 Å². The third kappa shape index (κ3) is 2.92. The van der Waals surface area contributed by atoms with Gasteiger partial charge in [-0.2, -0.15) is 0 Å². The van der Waals surface area contributed by atoms with E-state index in [1.807, 2.05) is 24.3 Å². The smallest absolute Gasteiger partial charge is 0.329 e. The molecule has 5 heteroatoms. The van der Waals surface area contributed by atoms with Gasteiger partial charge in [-0.3, -0.25) is 13.9 Å². The molecule has 5 nitrogen and oxygen atoms in total. The molecular weight excluding hydrogens is 254 g/mol. The summed E-state index contributed by atoms with van der Waals surface area (Å²) in [5.74, 6) is 0.430. The third-order valence-electron chi connectivity index (χ3n) is 3.40. The van der Waals surface area contributed by atoms with Gasteiger partial charge in [-0.1, -0.05) is 26.0 Å². The summed E-state index contributed by atoms with van der Waals surface area (Å²) in [4.78, 5) is 24.1. The molecule has 0 atom stereocenters. The molecule has 0 unspecified atom stereocenters. The third-order valence-corrected chi connectivity index (χ3v) is 3.40. The minimum atomic E-state index is -0.162. The highest BCUT2D eigenvalue weighted by atomic mass is 16.2. The molecule has 1 N–H and O–H groups in total. The van der Waals surface area contributed by atoms with Gasteiger partial charge in [0.25, 0.3) is 0 Å². The van der Waals surface area contributed by atoms with Crippen LogP contribution in [0.25, 0.3) is 11.0 Å². The van der Waals surface area contributed by atoms with Gasteiger partial charge in [0, 0.05) is 13.6 Å². The summed E-state index contributed by atoms with van der Waals surface area (Å²) in [6.07, 6.45) is 0.941. The molecule has 1 aromatic heterocycles. The summed E-state index contributed by atoms with van der Waals surface area (Å²) < 4.78 is 3.08. The second kappa shape index (κ2) is 5.94. The molecular formula is C15H21N3O2. The van der Waals surface area contributed by atoms with Crippen molar-refractivity contribution in [3.63, 3.8) is 0 Å². The summed E-state index contributed by atoms with van der Waals surface area (Å²) in [6, 6.07) is 7.49. The largest absolute Gasteiger partial charge is 0.355 e. The van der Waals surface area contributed by atoms with Crippen molar-refractivity contribution in [2.45, 2.75) is 26.8 Å². The normalized spacial score (nSPS) is 11.2. The maximum absolute atomic E-state index is 12.2. The predicted molar refractivity (Wildman–Crippen MR) is 79.6 cm³/mol. The summed E-state index contributed by atoms with van der Waals surface area (Å²) in [5, 5.41) is 2.86. The van der Waals surface area contributed by atoms with Crippen LogP contribution in [0.2, 0.25) is 0 Å². The molecule has 2 rings (SSSR count). The lowest BCUT2D eigenvalue weighted by atomic mass is 10.1. The molecule has 0 saturated carbocycles. The first kappa shape index (κ1) is 14.4. The van der Waals surface area contributed by atoms with Gasteiger partial charge >= 0.3 is 5.69 Å². The number of benzene rings is 1. The molecule has 0 spiro atoms. The van der Waals surface area contributed by atoms with Crippen molar-refractivity contribution >= 4 is 16.9 Å². The van der Waals surface area contributed by atoms with E-state index in [9.17, 15) is 9.59 Å². The lowest BCUT2D eigenvalue weighted by Crippen LogP contribution is -2.33. The number of nitrogens with zero attached hydrogens (tertiary/aromatic N) is 2.